The molecule has 0 aliphatic carbocycles. The van der Waals surface area contributed by atoms with Crippen molar-refractivity contribution in [1.29, 1.82) is 0 Å². The van der Waals surface area contributed by atoms with E-state index in [1.54, 1.807) is 13.0 Å². The highest BCUT2D eigenvalue weighted by atomic mass is 16.2. The van der Waals surface area contributed by atoms with Gasteiger partial charge < -0.3 is 4.90 Å². The van der Waals surface area contributed by atoms with E-state index in [1.165, 1.54) is 4.57 Å². The minimum absolute atomic E-state index is 0.00646. The molecule has 0 spiro atoms. The molecular weight excluding hydrogens is 290 g/mol. The van der Waals surface area contributed by atoms with Crippen LogP contribution in [0.25, 0.3) is 10.9 Å². The van der Waals surface area contributed by atoms with Crippen LogP contribution < -0.4 is 5.56 Å². The molecule has 0 unspecified atom stereocenters. The largest absolute Gasteiger partial charge is 0.336 e. The van der Waals surface area contributed by atoms with Gasteiger partial charge in [-0.3, -0.25) is 14.2 Å². The lowest BCUT2D eigenvalue weighted by Crippen LogP contribution is -2.49. The summed E-state index contributed by atoms with van der Waals surface area (Å²) in [5, 5.41) is 0.561. The third kappa shape index (κ3) is 2.87. The molecule has 1 aromatic heterocycles. The number of hydrogen-bond acceptors (Lipinski definition) is 3. The Balaban J connectivity index is 1.95. The van der Waals surface area contributed by atoms with E-state index in [1.807, 2.05) is 23.1 Å². The van der Waals surface area contributed by atoms with E-state index in [0.717, 1.165) is 19.3 Å². The van der Waals surface area contributed by atoms with Gasteiger partial charge in [0, 0.05) is 12.1 Å². The van der Waals surface area contributed by atoms with Gasteiger partial charge in [-0.05, 0) is 52.2 Å². The minimum Gasteiger partial charge on any atom is -0.336 e. The summed E-state index contributed by atoms with van der Waals surface area (Å²) >= 11 is 0. The second-order valence-electron chi connectivity index (χ2n) is 6.50. The molecule has 3 rings (SSSR count). The number of hydrogen-bond donors (Lipinski definition) is 0. The molecule has 1 aromatic carbocycles. The maximum atomic E-state index is 12.8. The number of fused-ring (bicyclic) bond motifs is 1. The van der Waals surface area contributed by atoms with Crippen LogP contribution in [0, 0.1) is 6.92 Å². The Bertz CT molecular complexity index is 786. The Labute approximate surface area is 135 Å². The van der Waals surface area contributed by atoms with Crippen LogP contribution in [0.2, 0.25) is 0 Å². The third-order valence-electron chi connectivity index (χ3n) is 4.83. The lowest BCUT2D eigenvalue weighted by molar-refractivity contribution is -0.138. The van der Waals surface area contributed by atoms with E-state index < -0.39 is 0 Å². The van der Waals surface area contributed by atoms with Crippen molar-refractivity contribution in [3.05, 3.63) is 40.4 Å². The molecule has 2 aromatic rings. The Morgan fingerprint density at radius 2 is 1.87 bits per heavy atom. The summed E-state index contributed by atoms with van der Waals surface area (Å²) in [4.78, 5) is 31.9. The van der Waals surface area contributed by atoms with E-state index in [2.05, 4.69) is 18.8 Å². The fourth-order valence-corrected chi connectivity index (χ4v) is 3.60. The number of benzene rings is 1. The molecule has 1 saturated heterocycles. The first kappa shape index (κ1) is 15.7. The molecule has 2 heterocycles. The summed E-state index contributed by atoms with van der Waals surface area (Å²) in [6.07, 6.45) is 3.21. The molecule has 0 N–H and O–H groups in total. The van der Waals surface area contributed by atoms with E-state index in [0.29, 0.717) is 16.7 Å². The van der Waals surface area contributed by atoms with Crippen LogP contribution in [-0.4, -0.2) is 32.4 Å². The van der Waals surface area contributed by atoms with Crippen LogP contribution in [0.3, 0.4) is 0 Å². The van der Waals surface area contributed by atoms with Crippen LogP contribution in [0.1, 0.15) is 38.9 Å². The number of aromatic nitrogens is 2. The Kier molecular flexibility index (Phi) is 4.20. The first-order chi connectivity index (χ1) is 11.0. The predicted octanol–water partition coefficient (Wildman–Crippen LogP) is 2.49. The van der Waals surface area contributed by atoms with Crippen molar-refractivity contribution in [2.75, 3.05) is 0 Å². The molecule has 5 heteroatoms. The highest BCUT2D eigenvalue weighted by Crippen LogP contribution is 2.22. The summed E-state index contributed by atoms with van der Waals surface area (Å²) in [7, 11) is 0. The molecule has 2 atom stereocenters. The third-order valence-corrected chi connectivity index (χ3v) is 4.83. The van der Waals surface area contributed by atoms with Crippen LogP contribution in [-0.2, 0) is 11.3 Å². The van der Waals surface area contributed by atoms with Crippen molar-refractivity contribution < 1.29 is 4.79 Å². The number of aryl methyl sites for hydroxylation is 1. The van der Waals surface area contributed by atoms with E-state index in [4.69, 9.17) is 0 Å². The predicted molar refractivity (Wildman–Crippen MR) is 90.4 cm³/mol. The Morgan fingerprint density at radius 3 is 2.57 bits per heavy atom. The second-order valence-corrected chi connectivity index (χ2v) is 6.50. The molecule has 23 heavy (non-hydrogen) atoms. The fourth-order valence-electron chi connectivity index (χ4n) is 3.60. The second kappa shape index (κ2) is 6.14. The average molecular weight is 313 g/mol. The quantitative estimate of drug-likeness (QED) is 0.856. The normalized spacial score (nSPS) is 21.6. The molecule has 0 bridgehead atoms. The molecule has 1 aliphatic heterocycles. The zero-order valence-corrected chi connectivity index (χ0v) is 14.0. The van der Waals surface area contributed by atoms with Crippen LogP contribution in [0.15, 0.2) is 29.1 Å². The number of rotatable bonds is 2. The number of nitrogens with zero attached hydrogens (tertiary/aromatic N) is 3. The highest BCUT2D eigenvalue weighted by molar-refractivity contribution is 5.79. The van der Waals surface area contributed by atoms with Gasteiger partial charge in [0.2, 0.25) is 5.91 Å². The van der Waals surface area contributed by atoms with Gasteiger partial charge in [-0.15, -0.1) is 0 Å². The van der Waals surface area contributed by atoms with Gasteiger partial charge in [-0.2, -0.15) is 0 Å². The molecule has 122 valence electrons. The zero-order valence-electron chi connectivity index (χ0n) is 14.0. The molecular formula is C18H23N3O2. The summed E-state index contributed by atoms with van der Waals surface area (Å²) in [6.45, 7) is 6.02. The van der Waals surface area contributed by atoms with E-state index in [-0.39, 0.29) is 30.1 Å². The smallest absolute Gasteiger partial charge is 0.261 e. The Morgan fingerprint density at radius 1 is 1.22 bits per heavy atom. The molecule has 5 nitrogen and oxygen atoms in total. The van der Waals surface area contributed by atoms with Gasteiger partial charge in [-0.1, -0.05) is 12.1 Å². The highest BCUT2D eigenvalue weighted by Gasteiger charge is 2.29. The molecule has 1 amide bonds. The minimum atomic E-state index is -0.140. The van der Waals surface area contributed by atoms with Crippen LogP contribution >= 0.6 is 0 Å². The first-order valence-corrected chi connectivity index (χ1v) is 8.26. The van der Waals surface area contributed by atoms with Crippen molar-refractivity contribution in [2.45, 2.75) is 58.7 Å². The zero-order chi connectivity index (χ0) is 16.6. The molecule has 1 fully saturated rings. The monoisotopic (exact) mass is 313 g/mol. The molecule has 0 saturated carbocycles. The van der Waals surface area contributed by atoms with Crippen molar-refractivity contribution in [3.63, 3.8) is 0 Å². The van der Waals surface area contributed by atoms with Gasteiger partial charge in [0.1, 0.15) is 12.4 Å². The first-order valence-electron chi connectivity index (χ1n) is 8.26. The number of amides is 1. The van der Waals surface area contributed by atoms with Crippen molar-refractivity contribution in [2.24, 2.45) is 0 Å². The van der Waals surface area contributed by atoms with Gasteiger partial charge in [-0.25, -0.2) is 4.98 Å². The van der Waals surface area contributed by atoms with Crippen molar-refractivity contribution in [3.8, 4) is 0 Å². The SMILES string of the molecule is Cc1nc2ccccc2c(=O)n1CC(=O)N1[C@@H](C)CCC[C@@H]1C. The van der Waals surface area contributed by atoms with Gasteiger partial charge >= 0.3 is 0 Å². The standard InChI is InChI=1S/C18H23N3O2/c1-12-7-6-8-13(2)21(12)17(22)11-20-14(3)19-16-10-5-4-9-15(16)18(20)23/h4-5,9-10,12-13H,6-8,11H2,1-3H3/t12-,13-/m0/s1. The number of likely N-dealkylation sites (tertiary alicyclic amines) is 1. The van der Waals surface area contributed by atoms with Crippen LogP contribution in [0.4, 0.5) is 0 Å². The average Bonchev–Trinajstić information content (AvgIpc) is 2.51. The maximum absolute atomic E-state index is 12.8. The van der Waals surface area contributed by atoms with Crippen molar-refractivity contribution >= 4 is 16.8 Å². The summed E-state index contributed by atoms with van der Waals surface area (Å²) in [5.41, 5.74) is 0.539. The summed E-state index contributed by atoms with van der Waals surface area (Å²) in [6, 6.07) is 7.73. The maximum Gasteiger partial charge on any atom is 0.261 e. The van der Waals surface area contributed by atoms with E-state index in [9.17, 15) is 9.59 Å². The topological polar surface area (TPSA) is 55.2 Å². The van der Waals surface area contributed by atoms with Gasteiger partial charge in [0.05, 0.1) is 10.9 Å². The number of carbonyl (C=O) groups is 1. The Hall–Kier alpha value is -2.17. The lowest BCUT2D eigenvalue weighted by atomic mass is 9.97. The lowest BCUT2D eigenvalue weighted by Gasteiger charge is -2.39. The van der Waals surface area contributed by atoms with Gasteiger partial charge in [0.15, 0.2) is 0 Å². The number of piperidine rings is 1. The fraction of sp³-hybridized carbons (Fsp3) is 0.500. The summed E-state index contributed by atoms with van der Waals surface area (Å²) < 4.78 is 1.50. The van der Waals surface area contributed by atoms with Gasteiger partial charge in [0.25, 0.3) is 5.56 Å². The molecule has 1 aliphatic rings. The summed E-state index contributed by atoms with van der Waals surface area (Å²) in [5.74, 6) is 0.589. The molecule has 0 radical (unpaired) electrons. The number of para-hydroxylation sites is 1. The van der Waals surface area contributed by atoms with E-state index >= 15 is 0 Å². The van der Waals surface area contributed by atoms with Crippen LogP contribution in [0.5, 0.6) is 0 Å². The number of carbonyl (C=O) groups excluding carboxylic acids is 1. The van der Waals surface area contributed by atoms with Crippen molar-refractivity contribution in [1.82, 2.24) is 14.5 Å².